The number of likely N-dealkylation sites (tertiary alicyclic amines) is 1. The van der Waals surface area contributed by atoms with E-state index in [9.17, 15) is 4.79 Å². The Bertz CT molecular complexity index is 654. The molecule has 2 aromatic heterocycles. The number of halogens is 2. The van der Waals surface area contributed by atoms with E-state index >= 15 is 0 Å². The highest BCUT2D eigenvalue weighted by atomic mass is 35.5. The van der Waals surface area contributed by atoms with Crippen LogP contribution in [0.15, 0.2) is 24.7 Å². The van der Waals surface area contributed by atoms with E-state index in [0.29, 0.717) is 28.8 Å². The number of nitrogens with zero attached hydrogens (tertiary/aromatic N) is 4. The lowest BCUT2D eigenvalue weighted by atomic mass is 9.90. The Morgan fingerprint density at radius 2 is 2.04 bits per heavy atom. The van der Waals surface area contributed by atoms with E-state index in [-0.39, 0.29) is 36.1 Å². The zero-order valence-electron chi connectivity index (χ0n) is 12.6. The fraction of sp³-hybridized carbons (Fsp3) is 0.429. The lowest BCUT2D eigenvalue weighted by Gasteiger charge is -2.22. The molecular formula is C14H19Cl2N5OS. The van der Waals surface area contributed by atoms with Gasteiger partial charge in [0, 0.05) is 25.5 Å². The number of hydrogen-bond donors (Lipinski definition) is 1. The van der Waals surface area contributed by atoms with Gasteiger partial charge in [0.25, 0.3) is 5.91 Å². The molecule has 0 bridgehead atoms. The molecule has 2 N–H and O–H groups in total. The molecule has 126 valence electrons. The van der Waals surface area contributed by atoms with Gasteiger partial charge in [-0.05, 0) is 24.4 Å². The fourth-order valence-corrected chi connectivity index (χ4v) is 3.24. The average Bonchev–Trinajstić information content (AvgIpc) is 3.15. The lowest BCUT2D eigenvalue weighted by Crippen LogP contribution is -2.34. The highest BCUT2D eigenvalue weighted by Crippen LogP contribution is 2.31. The van der Waals surface area contributed by atoms with Crippen LogP contribution in [0.4, 0.5) is 0 Å². The Labute approximate surface area is 151 Å². The van der Waals surface area contributed by atoms with Crippen LogP contribution in [0.25, 0.3) is 10.8 Å². The number of aromatic nitrogens is 3. The number of carbonyl (C=O) groups excluding carboxylic acids is 1. The van der Waals surface area contributed by atoms with Gasteiger partial charge in [-0.2, -0.15) is 0 Å². The van der Waals surface area contributed by atoms with Gasteiger partial charge in [0.15, 0.2) is 10.8 Å². The summed E-state index contributed by atoms with van der Waals surface area (Å²) in [5.74, 6) is 0.571. The summed E-state index contributed by atoms with van der Waals surface area (Å²) in [6, 6.07) is 1.75. The predicted octanol–water partition coefficient (Wildman–Crippen LogP) is 2.25. The van der Waals surface area contributed by atoms with Gasteiger partial charge >= 0.3 is 0 Å². The summed E-state index contributed by atoms with van der Waals surface area (Å²) in [7, 11) is 0. The van der Waals surface area contributed by atoms with Crippen LogP contribution in [0.2, 0.25) is 0 Å². The van der Waals surface area contributed by atoms with Crippen molar-refractivity contribution in [3.63, 3.8) is 0 Å². The van der Waals surface area contributed by atoms with Crippen LogP contribution in [-0.2, 0) is 0 Å². The lowest BCUT2D eigenvalue weighted by molar-refractivity contribution is 0.0781. The predicted molar refractivity (Wildman–Crippen MR) is 95.3 cm³/mol. The molecule has 23 heavy (non-hydrogen) atoms. The maximum Gasteiger partial charge on any atom is 0.265 e. The molecule has 2 aromatic rings. The second-order valence-corrected chi connectivity index (χ2v) is 6.62. The molecular weight excluding hydrogens is 357 g/mol. The van der Waals surface area contributed by atoms with Crippen molar-refractivity contribution >= 4 is 42.1 Å². The van der Waals surface area contributed by atoms with E-state index in [4.69, 9.17) is 5.73 Å². The van der Waals surface area contributed by atoms with Crippen molar-refractivity contribution in [2.45, 2.75) is 13.3 Å². The summed E-state index contributed by atoms with van der Waals surface area (Å²) in [5, 5.41) is 0.666. The van der Waals surface area contributed by atoms with Crippen LogP contribution in [0.1, 0.15) is 23.0 Å². The second kappa shape index (κ2) is 8.01. The summed E-state index contributed by atoms with van der Waals surface area (Å²) in [6.45, 7) is 4.18. The van der Waals surface area contributed by atoms with Crippen molar-refractivity contribution < 1.29 is 4.79 Å². The summed E-state index contributed by atoms with van der Waals surface area (Å²) in [5.41, 5.74) is 5.82. The van der Waals surface area contributed by atoms with E-state index in [1.807, 2.05) is 4.90 Å². The zero-order valence-corrected chi connectivity index (χ0v) is 15.1. The summed E-state index contributed by atoms with van der Waals surface area (Å²) in [4.78, 5) is 27.5. The number of rotatable bonds is 3. The molecule has 1 atom stereocenters. The van der Waals surface area contributed by atoms with Crippen molar-refractivity contribution in [2.75, 3.05) is 19.6 Å². The van der Waals surface area contributed by atoms with Crippen LogP contribution >= 0.6 is 36.2 Å². The molecule has 0 aliphatic carbocycles. The SMILES string of the molecule is CC1(CN)CCN(C(=O)c2cnc(-c3ncccn3)s2)C1.Cl.Cl. The minimum atomic E-state index is 0. The van der Waals surface area contributed by atoms with Crippen LogP contribution in [0, 0.1) is 5.41 Å². The Hall–Kier alpha value is -1.28. The van der Waals surface area contributed by atoms with Crippen molar-refractivity contribution in [3.05, 3.63) is 29.5 Å². The molecule has 1 unspecified atom stereocenters. The highest BCUT2D eigenvalue weighted by Gasteiger charge is 2.35. The van der Waals surface area contributed by atoms with Gasteiger partial charge in [-0.25, -0.2) is 15.0 Å². The standard InChI is InChI=1S/C14H17N5OS.2ClH/c1-14(8-15)3-6-19(9-14)13(20)10-7-18-12(21-10)11-16-4-2-5-17-11;;/h2,4-5,7H,3,6,8-9,15H2,1H3;2*1H. The van der Waals surface area contributed by atoms with Crippen molar-refractivity contribution in [3.8, 4) is 10.8 Å². The smallest absolute Gasteiger partial charge is 0.265 e. The maximum atomic E-state index is 12.5. The van der Waals surface area contributed by atoms with Gasteiger partial charge in [0.2, 0.25) is 0 Å². The van der Waals surface area contributed by atoms with E-state index in [0.717, 1.165) is 13.0 Å². The largest absolute Gasteiger partial charge is 0.337 e. The van der Waals surface area contributed by atoms with E-state index < -0.39 is 0 Å². The molecule has 6 nitrogen and oxygen atoms in total. The van der Waals surface area contributed by atoms with Crippen LogP contribution in [0.3, 0.4) is 0 Å². The highest BCUT2D eigenvalue weighted by molar-refractivity contribution is 7.16. The minimum Gasteiger partial charge on any atom is -0.337 e. The molecule has 0 saturated carbocycles. The van der Waals surface area contributed by atoms with Crippen LogP contribution < -0.4 is 5.73 Å². The van der Waals surface area contributed by atoms with Crippen LogP contribution in [0.5, 0.6) is 0 Å². The average molecular weight is 376 g/mol. The Balaban J connectivity index is 0.00000132. The Kier molecular flexibility index (Phi) is 6.88. The number of carbonyl (C=O) groups is 1. The Morgan fingerprint density at radius 3 is 2.65 bits per heavy atom. The monoisotopic (exact) mass is 375 g/mol. The van der Waals surface area contributed by atoms with Gasteiger partial charge in [0.1, 0.15) is 4.88 Å². The molecule has 1 aliphatic heterocycles. The van der Waals surface area contributed by atoms with Crippen molar-refractivity contribution in [1.82, 2.24) is 19.9 Å². The molecule has 3 heterocycles. The third-order valence-electron chi connectivity index (χ3n) is 3.81. The number of nitrogens with two attached hydrogens (primary N) is 1. The molecule has 1 aliphatic rings. The Morgan fingerprint density at radius 1 is 1.35 bits per heavy atom. The molecule has 9 heteroatoms. The summed E-state index contributed by atoms with van der Waals surface area (Å²) in [6.07, 6.45) is 5.89. The molecule has 0 aromatic carbocycles. The fourth-order valence-electron chi connectivity index (χ4n) is 2.41. The van der Waals surface area contributed by atoms with E-state index in [1.54, 1.807) is 24.7 Å². The second-order valence-electron chi connectivity index (χ2n) is 5.59. The van der Waals surface area contributed by atoms with Gasteiger partial charge in [-0.1, -0.05) is 6.92 Å². The number of thiazole rings is 1. The quantitative estimate of drug-likeness (QED) is 0.888. The molecule has 3 rings (SSSR count). The molecule has 0 radical (unpaired) electrons. The van der Waals surface area contributed by atoms with Gasteiger partial charge in [0.05, 0.1) is 6.20 Å². The topological polar surface area (TPSA) is 85.0 Å². The first-order chi connectivity index (χ1) is 10.1. The maximum absolute atomic E-state index is 12.5. The van der Waals surface area contributed by atoms with E-state index in [1.165, 1.54) is 11.3 Å². The molecule has 1 amide bonds. The number of amides is 1. The molecule has 0 spiro atoms. The van der Waals surface area contributed by atoms with Gasteiger partial charge in [-0.3, -0.25) is 4.79 Å². The normalized spacial score (nSPS) is 19.8. The van der Waals surface area contributed by atoms with Gasteiger partial charge < -0.3 is 10.6 Å². The number of hydrogen-bond acceptors (Lipinski definition) is 6. The van der Waals surface area contributed by atoms with E-state index in [2.05, 4.69) is 21.9 Å². The third-order valence-corrected chi connectivity index (χ3v) is 4.79. The first kappa shape index (κ1) is 19.8. The summed E-state index contributed by atoms with van der Waals surface area (Å²) >= 11 is 1.33. The van der Waals surface area contributed by atoms with Gasteiger partial charge in [-0.15, -0.1) is 36.2 Å². The van der Waals surface area contributed by atoms with Crippen molar-refractivity contribution in [1.29, 1.82) is 0 Å². The minimum absolute atomic E-state index is 0. The molecule has 1 saturated heterocycles. The first-order valence-corrected chi connectivity index (χ1v) is 7.65. The van der Waals surface area contributed by atoms with Crippen LogP contribution in [-0.4, -0.2) is 45.4 Å². The van der Waals surface area contributed by atoms with Crippen molar-refractivity contribution in [2.24, 2.45) is 11.1 Å². The zero-order chi connectivity index (χ0) is 14.9. The third kappa shape index (κ3) is 4.17. The first-order valence-electron chi connectivity index (χ1n) is 6.84. The molecule has 1 fully saturated rings. The summed E-state index contributed by atoms with van der Waals surface area (Å²) < 4.78 is 0.